The summed E-state index contributed by atoms with van der Waals surface area (Å²) in [5, 5.41) is 0.743. The maximum Gasteiger partial charge on any atom is 0.226 e. The Bertz CT molecular complexity index is 918. The van der Waals surface area contributed by atoms with Crippen molar-refractivity contribution in [1.29, 1.82) is 0 Å². The third-order valence-electron chi connectivity index (χ3n) is 6.50. The van der Waals surface area contributed by atoms with E-state index in [1.54, 1.807) is 0 Å². The summed E-state index contributed by atoms with van der Waals surface area (Å²) in [7, 11) is 0. The van der Waals surface area contributed by atoms with E-state index in [1.165, 1.54) is 5.56 Å². The van der Waals surface area contributed by atoms with Crippen LogP contribution in [0.2, 0.25) is 5.02 Å². The first-order valence-electron chi connectivity index (χ1n) is 11.1. The molecule has 0 spiro atoms. The molecule has 2 saturated heterocycles. The highest BCUT2D eigenvalue weighted by molar-refractivity contribution is 6.30. The van der Waals surface area contributed by atoms with Crippen LogP contribution < -0.4 is 4.90 Å². The van der Waals surface area contributed by atoms with Gasteiger partial charge in [0.05, 0.1) is 6.42 Å². The highest BCUT2D eigenvalue weighted by Gasteiger charge is 2.31. The Labute approximate surface area is 189 Å². The number of benzene rings is 2. The molecule has 2 aromatic rings. The number of piperidine rings is 1. The molecule has 0 atom stereocenters. The lowest BCUT2D eigenvalue weighted by atomic mass is 9.94. The minimum Gasteiger partial charge on any atom is -0.368 e. The zero-order valence-corrected chi connectivity index (χ0v) is 18.9. The lowest BCUT2D eigenvalue weighted by Gasteiger charge is -2.39. The molecule has 0 saturated carbocycles. The molecule has 2 heterocycles. The number of piperazine rings is 1. The Kier molecular flexibility index (Phi) is 6.81. The number of aryl methyl sites for hydroxylation is 1. The number of amides is 2. The van der Waals surface area contributed by atoms with E-state index in [-0.39, 0.29) is 17.7 Å². The summed E-state index contributed by atoms with van der Waals surface area (Å²) in [6, 6.07) is 15.8. The fourth-order valence-corrected chi connectivity index (χ4v) is 4.77. The van der Waals surface area contributed by atoms with E-state index in [2.05, 4.69) is 11.8 Å². The monoisotopic (exact) mass is 439 g/mol. The van der Waals surface area contributed by atoms with Crippen molar-refractivity contribution in [3.05, 3.63) is 64.7 Å². The maximum atomic E-state index is 13.1. The predicted molar refractivity (Wildman–Crippen MR) is 124 cm³/mol. The highest BCUT2D eigenvalue weighted by atomic mass is 35.5. The lowest BCUT2D eigenvalue weighted by Crippen LogP contribution is -2.52. The molecule has 0 bridgehead atoms. The molecule has 0 aliphatic carbocycles. The topological polar surface area (TPSA) is 43.9 Å². The van der Waals surface area contributed by atoms with E-state index in [0.29, 0.717) is 19.5 Å². The number of nitrogens with zero attached hydrogens (tertiary/aromatic N) is 3. The number of rotatable bonds is 4. The fourth-order valence-electron chi connectivity index (χ4n) is 4.61. The second-order valence-electron chi connectivity index (χ2n) is 8.56. The molecular formula is C25H30ClN3O2. The van der Waals surface area contributed by atoms with Crippen molar-refractivity contribution in [2.45, 2.75) is 26.2 Å². The second kappa shape index (κ2) is 9.73. The molecule has 5 nitrogen and oxygen atoms in total. The molecule has 2 aliphatic heterocycles. The molecule has 0 N–H and O–H groups in total. The third-order valence-corrected chi connectivity index (χ3v) is 6.73. The molecule has 0 radical (unpaired) electrons. The van der Waals surface area contributed by atoms with E-state index in [0.717, 1.165) is 55.3 Å². The normalized spacial score (nSPS) is 17.7. The van der Waals surface area contributed by atoms with Gasteiger partial charge in [0.2, 0.25) is 11.8 Å². The number of carbonyl (C=O) groups excluding carboxylic acids is 2. The predicted octanol–water partition coefficient (Wildman–Crippen LogP) is 3.78. The Morgan fingerprint density at radius 2 is 1.58 bits per heavy atom. The lowest BCUT2D eigenvalue weighted by molar-refractivity contribution is -0.140. The quantitative estimate of drug-likeness (QED) is 0.728. The summed E-state index contributed by atoms with van der Waals surface area (Å²) < 4.78 is 0. The number of hydrogen-bond donors (Lipinski definition) is 0. The molecule has 0 unspecified atom stereocenters. The highest BCUT2D eigenvalue weighted by Crippen LogP contribution is 2.26. The van der Waals surface area contributed by atoms with Crippen LogP contribution in [0.3, 0.4) is 0 Å². The zero-order valence-electron chi connectivity index (χ0n) is 18.1. The first-order valence-corrected chi connectivity index (χ1v) is 11.5. The van der Waals surface area contributed by atoms with Crippen molar-refractivity contribution in [3.8, 4) is 0 Å². The Balaban J connectivity index is 1.26. The van der Waals surface area contributed by atoms with Crippen LogP contribution in [-0.2, 0) is 16.0 Å². The van der Waals surface area contributed by atoms with Gasteiger partial charge >= 0.3 is 0 Å². The first kappa shape index (κ1) is 21.7. The van der Waals surface area contributed by atoms with Gasteiger partial charge in [-0.3, -0.25) is 9.59 Å². The second-order valence-corrected chi connectivity index (χ2v) is 9.00. The Hall–Kier alpha value is -2.53. The van der Waals surface area contributed by atoms with E-state index >= 15 is 0 Å². The summed E-state index contributed by atoms with van der Waals surface area (Å²) in [6.07, 6.45) is 1.95. The number of likely N-dealkylation sites (tertiary alicyclic amines) is 1. The van der Waals surface area contributed by atoms with Gasteiger partial charge in [-0.15, -0.1) is 0 Å². The van der Waals surface area contributed by atoms with Crippen LogP contribution in [0.4, 0.5) is 5.69 Å². The number of carbonyl (C=O) groups is 2. The van der Waals surface area contributed by atoms with Crippen LogP contribution in [0, 0.1) is 12.8 Å². The molecule has 2 fully saturated rings. The van der Waals surface area contributed by atoms with Crippen molar-refractivity contribution in [2.75, 3.05) is 44.2 Å². The summed E-state index contributed by atoms with van der Waals surface area (Å²) >= 11 is 6.18. The fraction of sp³-hybridized carbons (Fsp3) is 0.440. The molecule has 31 heavy (non-hydrogen) atoms. The number of halogens is 1. The largest absolute Gasteiger partial charge is 0.368 e. The molecule has 2 amide bonds. The molecular weight excluding hydrogens is 410 g/mol. The van der Waals surface area contributed by atoms with Crippen LogP contribution in [0.25, 0.3) is 0 Å². The van der Waals surface area contributed by atoms with E-state index in [4.69, 9.17) is 11.6 Å². The van der Waals surface area contributed by atoms with Gasteiger partial charge in [-0.2, -0.15) is 0 Å². The van der Waals surface area contributed by atoms with E-state index in [1.807, 2.05) is 58.3 Å². The van der Waals surface area contributed by atoms with E-state index in [9.17, 15) is 9.59 Å². The van der Waals surface area contributed by atoms with Gasteiger partial charge in [0.25, 0.3) is 0 Å². The van der Waals surface area contributed by atoms with Gasteiger partial charge in [-0.1, -0.05) is 48.0 Å². The maximum absolute atomic E-state index is 13.1. The molecule has 4 rings (SSSR count). The van der Waals surface area contributed by atoms with Gasteiger partial charge < -0.3 is 14.7 Å². The van der Waals surface area contributed by atoms with Crippen molar-refractivity contribution >= 4 is 29.1 Å². The van der Waals surface area contributed by atoms with Gasteiger partial charge in [-0.25, -0.2) is 0 Å². The Morgan fingerprint density at radius 1 is 0.903 bits per heavy atom. The van der Waals surface area contributed by atoms with Gasteiger partial charge in [-0.05, 0) is 43.0 Å². The van der Waals surface area contributed by atoms with Crippen LogP contribution in [0.5, 0.6) is 0 Å². The minimum absolute atomic E-state index is 0.0280. The third kappa shape index (κ3) is 5.21. The average Bonchev–Trinajstić information content (AvgIpc) is 2.81. The minimum atomic E-state index is 0.0280. The summed E-state index contributed by atoms with van der Waals surface area (Å²) in [5.74, 6) is 0.431. The number of hydrogen-bond acceptors (Lipinski definition) is 3. The van der Waals surface area contributed by atoms with Crippen molar-refractivity contribution in [2.24, 2.45) is 5.92 Å². The molecule has 2 aliphatic rings. The average molecular weight is 440 g/mol. The van der Waals surface area contributed by atoms with Crippen LogP contribution in [0.1, 0.15) is 24.0 Å². The Morgan fingerprint density at radius 3 is 2.26 bits per heavy atom. The standard InChI is InChI=1S/C25H30ClN3O2/c1-19-7-8-22(26)18-23(19)27-13-15-29(16-14-27)25(31)21-9-11-28(12-10-21)24(30)17-20-5-3-2-4-6-20/h2-8,18,21H,9-17H2,1H3. The van der Waals surface area contributed by atoms with Gasteiger partial charge in [0.15, 0.2) is 0 Å². The van der Waals surface area contributed by atoms with Gasteiger partial charge in [0.1, 0.15) is 0 Å². The van der Waals surface area contributed by atoms with Crippen LogP contribution in [0.15, 0.2) is 48.5 Å². The summed E-state index contributed by atoms with van der Waals surface area (Å²) in [4.78, 5) is 31.9. The zero-order chi connectivity index (χ0) is 21.8. The molecule has 2 aromatic carbocycles. The smallest absolute Gasteiger partial charge is 0.226 e. The van der Waals surface area contributed by atoms with E-state index < -0.39 is 0 Å². The first-order chi connectivity index (χ1) is 15.0. The van der Waals surface area contributed by atoms with Gasteiger partial charge in [0, 0.05) is 55.9 Å². The summed E-state index contributed by atoms with van der Waals surface area (Å²) in [6.45, 7) is 6.54. The van der Waals surface area contributed by atoms with Crippen molar-refractivity contribution < 1.29 is 9.59 Å². The molecule has 6 heteroatoms. The molecule has 0 aromatic heterocycles. The van der Waals surface area contributed by atoms with Crippen molar-refractivity contribution in [3.63, 3.8) is 0 Å². The van der Waals surface area contributed by atoms with Crippen LogP contribution in [-0.4, -0.2) is 60.9 Å². The molecule has 164 valence electrons. The number of anilines is 1. The van der Waals surface area contributed by atoms with Crippen molar-refractivity contribution in [1.82, 2.24) is 9.80 Å². The summed E-state index contributed by atoms with van der Waals surface area (Å²) in [5.41, 5.74) is 3.40. The SMILES string of the molecule is Cc1ccc(Cl)cc1N1CCN(C(=O)C2CCN(C(=O)Cc3ccccc3)CC2)CC1. The van der Waals surface area contributed by atoms with Crippen LogP contribution >= 0.6 is 11.6 Å².